The number of H-pyrrole nitrogens is 1. The van der Waals surface area contributed by atoms with Crippen molar-refractivity contribution in [2.45, 2.75) is 18.2 Å². The topological polar surface area (TPSA) is 103 Å². The van der Waals surface area contributed by atoms with Gasteiger partial charge in [-0.15, -0.1) is 0 Å². The fraction of sp³-hybridized carbons (Fsp3) is 0.286. The third-order valence-corrected chi connectivity index (χ3v) is 5.71. The van der Waals surface area contributed by atoms with Crippen LogP contribution in [-0.4, -0.2) is 48.1 Å². The van der Waals surface area contributed by atoms with E-state index in [1.165, 1.54) is 26.2 Å². The minimum absolute atomic E-state index is 0.00953. The van der Waals surface area contributed by atoms with Gasteiger partial charge in [-0.3, -0.25) is 5.10 Å². The smallest absolute Gasteiger partial charge is 0.356 e. The first-order valence-corrected chi connectivity index (χ1v) is 8.44. The van der Waals surface area contributed by atoms with E-state index in [0.717, 1.165) is 4.31 Å². The number of aromatic nitrogens is 2. The maximum Gasteiger partial charge on any atom is 0.356 e. The fourth-order valence-electron chi connectivity index (χ4n) is 2.11. The zero-order chi connectivity index (χ0) is 17.4. The Morgan fingerprint density at radius 2 is 2.04 bits per heavy atom. The van der Waals surface area contributed by atoms with Gasteiger partial charge in [0.05, 0.1) is 5.02 Å². The highest BCUT2D eigenvalue weighted by molar-refractivity contribution is 7.89. The average molecular weight is 358 g/mol. The normalized spacial score (nSPS) is 11.9. The number of sulfonamides is 1. The van der Waals surface area contributed by atoms with Crippen LogP contribution in [0.1, 0.15) is 27.3 Å². The molecule has 23 heavy (non-hydrogen) atoms. The molecular weight excluding hydrogens is 342 g/mol. The van der Waals surface area contributed by atoms with Crippen molar-refractivity contribution in [3.05, 3.63) is 45.7 Å². The Bertz CT molecular complexity index is 859. The van der Waals surface area contributed by atoms with Crippen LogP contribution in [0.2, 0.25) is 5.02 Å². The van der Waals surface area contributed by atoms with Gasteiger partial charge < -0.3 is 5.11 Å². The lowest BCUT2D eigenvalue weighted by Crippen LogP contribution is -2.22. The molecule has 0 aliphatic rings. The highest BCUT2D eigenvalue weighted by Gasteiger charge is 2.22. The number of carboxylic acid groups (broad SMARTS) is 1. The molecule has 0 unspecified atom stereocenters. The van der Waals surface area contributed by atoms with Gasteiger partial charge in [0.25, 0.3) is 0 Å². The average Bonchev–Trinajstić information content (AvgIpc) is 2.80. The van der Waals surface area contributed by atoms with E-state index in [1.54, 1.807) is 13.0 Å². The summed E-state index contributed by atoms with van der Waals surface area (Å²) in [4.78, 5) is 11.2. The van der Waals surface area contributed by atoms with E-state index in [1.807, 2.05) is 0 Å². The molecule has 124 valence electrons. The number of hydrogen-bond acceptors (Lipinski definition) is 4. The number of aromatic carboxylic acids is 1. The van der Waals surface area contributed by atoms with Crippen molar-refractivity contribution < 1.29 is 18.3 Å². The van der Waals surface area contributed by atoms with E-state index in [0.29, 0.717) is 16.8 Å². The summed E-state index contributed by atoms with van der Waals surface area (Å²) < 4.78 is 25.3. The van der Waals surface area contributed by atoms with E-state index in [2.05, 4.69) is 10.2 Å². The molecule has 1 aromatic carbocycles. The minimum atomic E-state index is -3.63. The second-order valence-corrected chi connectivity index (χ2v) is 7.74. The van der Waals surface area contributed by atoms with Crippen LogP contribution in [-0.2, 0) is 16.4 Å². The van der Waals surface area contributed by atoms with Crippen molar-refractivity contribution >= 4 is 27.6 Å². The van der Waals surface area contributed by atoms with Crippen LogP contribution in [0.4, 0.5) is 0 Å². The van der Waals surface area contributed by atoms with Crippen molar-refractivity contribution in [2.75, 3.05) is 14.1 Å². The van der Waals surface area contributed by atoms with Gasteiger partial charge in [-0.05, 0) is 24.6 Å². The summed E-state index contributed by atoms with van der Waals surface area (Å²) in [5.74, 6) is -1.12. The molecule has 0 saturated carbocycles. The summed E-state index contributed by atoms with van der Waals surface area (Å²) in [6.07, 6.45) is 0.284. The number of benzene rings is 1. The fourth-order valence-corrected chi connectivity index (χ4v) is 3.54. The molecule has 0 bridgehead atoms. The van der Waals surface area contributed by atoms with E-state index in [4.69, 9.17) is 16.7 Å². The van der Waals surface area contributed by atoms with Crippen LogP contribution in [0, 0.1) is 6.92 Å². The lowest BCUT2D eigenvalue weighted by molar-refractivity contribution is 0.0689. The molecule has 1 heterocycles. The molecule has 0 aliphatic carbocycles. The van der Waals surface area contributed by atoms with Gasteiger partial charge >= 0.3 is 5.97 Å². The summed E-state index contributed by atoms with van der Waals surface area (Å²) >= 11 is 6.09. The molecule has 0 aliphatic heterocycles. The highest BCUT2D eigenvalue weighted by atomic mass is 35.5. The molecule has 2 rings (SSSR count). The summed E-state index contributed by atoms with van der Waals surface area (Å²) in [6.45, 7) is 1.72. The molecule has 0 atom stereocenters. The minimum Gasteiger partial charge on any atom is -0.476 e. The quantitative estimate of drug-likeness (QED) is 0.850. The van der Waals surface area contributed by atoms with Crippen LogP contribution in [0.5, 0.6) is 0 Å². The molecule has 9 heteroatoms. The zero-order valence-electron chi connectivity index (χ0n) is 12.8. The molecule has 0 amide bonds. The Balaban J connectivity index is 2.40. The number of halogens is 1. The van der Waals surface area contributed by atoms with Crippen LogP contribution in [0.25, 0.3) is 0 Å². The predicted octanol–water partition coefficient (Wildman–Crippen LogP) is 1.91. The van der Waals surface area contributed by atoms with Crippen molar-refractivity contribution in [2.24, 2.45) is 0 Å². The number of rotatable bonds is 5. The van der Waals surface area contributed by atoms with Gasteiger partial charge in [0.2, 0.25) is 10.0 Å². The zero-order valence-corrected chi connectivity index (χ0v) is 14.4. The molecule has 2 aromatic rings. The first kappa shape index (κ1) is 17.5. The van der Waals surface area contributed by atoms with E-state index in [9.17, 15) is 13.2 Å². The Kier molecular flexibility index (Phi) is 4.79. The number of hydrogen-bond donors (Lipinski definition) is 2. The monoisotopic (exact) mass is 357 g/mol. The van der Waals surface area contributed by atoms with Crippen LogP contribution in [0.3, 0.4) is 0 Å². The number of carbonyl (C=O) groups is 1. The lowest BCUT2D eigenvalue weighted by Gasteiger charge is -2.13. The van der Waals surface area contributed by atoms with Crippen molar-refractivity contribution in [3.8, 4) is 0 Å². The molecule has 0 saturated heterocycles. The number of carboxylic acids is 1. The Hall–Kier alpha value is -1.90. The third kappa shape index (κ3) is 3.39. The number of aryl methyl sites for hydroxylation is 1. The van der Waals surface area contributed by atoms with Gasteiger partial charge in [-0.25, -0.2) is 17.5 Å². The van der Waals surface area contributed by atoms with Crippen molar-refractivity contribution in [1.29, 1.82) is 0 Å². The van der Waals surface area contributed by atoms with Crippen molar-refractivity contribution in [3.63, 3.8) is 0 Å². The molecule has 7 nitrogen and oxygen atoms in total. The number of aromatic amines is 1. The second-order valence-electron chi connectivity index (χ2n) is 5.21. The van der Waals surface area contributed by atoms with E-state index in [-0.39, 0.29) is 22.0 Å². The molecule has 1 aromatic heterocycles. The lowest BCUT2D eigenvalue weighted by atomic mass is 10.0. The van der Waals surface area contributed by atoms with Crippen LogP contribution < -0.4 is 0 Å². The van der Waals surface area contributed by atoms with Crippen molar-refractivity contribution in [1.82, 2.24) is 14.5 Å². The summed E-state index contributed by atoms with van der Waals surface area (Å²) in [5.41, 5.74) is 1.82. The molecule has 0 fully saturated rings. The van der Waals surface area contributed by atoms with Crippen LogP contribution >= 0.6 is 11.6 Å². The standard InChI is InChI=1S/C14H16ClN3O4S/c1-8-10(13(14(19)20)17-16-8)6-9-4-5-12(11(15)7-9)23(21,22)18(2)3/h4-5,7H,6H2,1-3H3,(H,16,17)(H,19,20). The van der Waals surface area contributed by atoms with Gasteiger partial charge in [-0.2, -0.15) is 5.10 Å². The third-order valence-electron chi connectivity index (χ3n) is 3.41. The second kappa shape index (κ2) is 6.31. The highest BCUT2D eigenvalue weighted by Crippen LogP contribution is 2.26. The summed E-state index contributed by atoms with van der Waals surface area (Å²) in [6, 6.07) is 4.55. The first-order chi connectivity index (χ1) is 10.6. The maximum atomic E-state index is 12.1. The Labute approximate surface area is 138 Å². The summed E-state index contributed by atoms with van der Waals surface area (Å²) in [5, 5.41) is 15.6. The maximum absolute atomic E-state index is 12.1. The van der Waals surface area contributed by atoms with E-state index < -0.39 is 16.0 Å². The van der Waals surface area contributed by atoms with E-state index >= 15 is 0 Å². The molecule has 2 N–H and O–H groups in total. The number of nitrogens with zero attached hydrogens (tertiary/aromatic N) is 2. The number of nitrogens with one attached hydrogen (secondary N) is 1. The van der Waals surface area contributed by atoms with Gasteiger partial charge in [0.15, 0.2) is 5.69 Å². The molecule has 0 radical (unpaired) electrons. The predicted molar refractivity (Wildman–Crippen MR) is 85.4 cm³/mol. The van der Waals surface area contributed by atoms with Gasteiger partial charge in [-0.1, -0.05) is 17.7 Å². The van der Waals surface area contributed by atoms with Crippen LogP contribution in [0.15, 0.2) is 23.1 Å². The summed E-state index contributed by atoms with van der Waals surface area (Å²) in [7, 11) is -0.779. The molecular formula is C14H16ClN3O4S. The SMILES string of the molecule is Cc1[nH]nc(C(=O)O)c1Cc1ccc(S(=O)(=O)N(C)C)c(Cl)c1. The largest absolute Gasteiger partial charge is 0.476 e. The van der Waals surface area contributed by atoms with Gasteiger partial charge in [0, 0.05) is 31.8 Å². The first-order valence-electron chi connectivity index (χ1n) is 6.62. The Morgan fingerprint density at radius 1 is 1.39 bits per heavy atom. The molecule has 0 spiro atoms. The van der Waals surface area contributed by atoms with Gasteiger partial charge in [0.1, 0.15) is 4.90 Å². The Morgan fingerprint density at radius 3 is 2.57 bits per heavy atom.